The lowest BCUT2D eigenvalue weighted by Gasteiger charge is -2.26. The Kier molecular flexibility index (Phi) is 8.46. The van der Waals surface area contributed by atoms with Gasteiger partial charge >= 0.3 is 0 Å². The highest BCUT2D eigenvalue weighted by molar-refractivity contribution is 6.22. The molecule has 0 fully saturated rings. The van der Waals surface area contributed by atoms with Gasteiger partial charge < -0.3 is 0 Å². The van der Waals surface area contributed by atoms with Gasteiger partial charge in [0.2, 0.25) is 0 Å². The summed E-state index contributed by atoms with van der Waals surface area (Å²) in [5.74, 6) is 0.327. The number of benzene rings is 9. The minimum Gasteiger partial charge on any atom is -0.252 e. The van der Waals surface area contributed by atoms with Gasteiger partial charge in [-0.25, -0.2) is 0 Å². The minimum absolute atomic E-state index is 0.327. The molecule has 0 saturated carbocycles. The Morgan fingerprint density at radius 1 is 0.364 bits per heavy atom. The molecule has 1 nitrogen and oxygen atoms in total. The summed E-state index contributed by atoms with van der Waals surface area (Å²) in [7, 11) is 0. The van der Waals surface area contributed by atoms with Crippen molar-refractivity contribution in [3.05, 3.63) is 223 Å². The van der Waals surface area contributed by atoms with Crippen LogP contribution in [0.1, 0.15) is 16.7 Å². The number of aliphatic imine (C=N–C) groups is 1. The summed E-state index contributed by atoms with van der Waals surface area (Å²) in [5.41, 5.74) is 15.9. The molecular weight excluding hydrogens is 663 g/mol. The number of fused-ring (bicyclic) bond motifs is 3. The van der Waals surface area contributed by atoms with E-state index in [0.717, 1.165) is 18.5 Å². The highest BCUT2D eigenvalue weighted by atomic mass is 14.8. The van der Waals surface area contributed by atoms with Crippen molar-refractivity contribution in [1.29, 1.82) is 0 Å². The molecule has 0 bridgehead atoms. The molecule has 1 aliphatic rings. The lowest BCUT2D eigenvalue weighted by molar-refractivity contribution is 0.674. The SMILES string of the molecule is c1ccc(CC2Cc3ccc(-c4ccc(-c5ccc6c(-c7ccccc7)c7ccccc7c(-c7ccccc7)c6c5)cc4)cc3N=C2c2ccccc2)cc1. The van der Waals surface area contributed by atoms with Crippen molar-refractivity contribution >= 4 is 32.9 Å². The van der Waals surface area contributed by atoms with Gasteiger partial charge in [0.25, 0.3) is 0 Å². The first-order chi connectivity index (χ1) is 27.3. The van der Waals surface area contributed by atoms with Crippen LogP contribution in [0, 0.1) is 5.92 Å². The van der Waals surface area contributed by atoms with E-state index >= 15 is 0 Å². The van der Waals surface area contributed by atoms with Crippen molar-refractivity contribution in [3.63, 3.8) is 0 Å². The molecule has 0 aromatic heterocycles. The molecule has 0 aliphatic carbocycles. The highest BCUT2D eigenvalue weighted by Gasteiger charge is 2.25. The molecular formula is C54H39N. The summed E-state index contributed by atoms with van der Waals surface area (Å²) in [6.45, 7) is 0. The van der Waals surface area contributed by atoms with E-state index in [-0.39, 0.29) is 0 Å². The Hall–Kier alpha value is -6.83. The third kappa shape index (κ3) is 6.24. The smallest absolute Gasteiger partial charge is 0.0671 e. The summed E-state index contributed by atoms with van der Waals surface area (Å²) in [5, 5.41) is 5.07. The average Bonchev–Trinajstić information content (AvgIpc) is 3.26. The lowest BCUT2D eigenvalue weighted by atomic mass is 9.82. The third-order valence-corrected chi connectivity index (χ3v) is 11.3. The third-order valence-electron chi connectivity index (χ3n) is 11.3. The molecule has 0 N–H and O–H groups in total. The molecule has 1 heterocycles. The zero-order valence-corrected chi connectivity index (χ0v) is 30.6. The van der Waals surface area contributed by atoms with Crippen LogP contribution in [0.15, 0.2) is 211 Å². The highest BCUT2D eigenvalue weighted by Crippen LogP contribution is 2.45. The van der Waals surface area contributed by atoms with Gasteiger partial charge in [0.1, 0.15) is 0 Å². The normalized spacial score (nSPS) is 13.7. The molecule has 0 amide bonds. The fourth-order valence-electron chi connectivity index (χ4n) is 8.62. The van der Waals surface area contributed by atoms with Gasteiger partial charge in [0, 0.05) is 5.92 Å². The van der Waals surface area contributed by atoms with E-state index in [1.165, 1.54) is 88.5 Å². The van der Waals surface area contributed by atoms with Gasteiger partial charge in [-0.3, -0.25) is 4.99 Å². The second-order valence-corrected chi connectivity index (χ2v) is 14.7. The monoisotopic (exact) mass is 701 g/mol. The minimum atomic E-state index is 0.327. The Balaban J connectivity index is 1.04. The first-order valence-electron chi connectivity index (χ1n) is 19.3. The van der Waals surface area contributed by atoms with Gasteiger partial charge in [0.05, 0.1) is 11.4 Å². The van der Waals surface area contributed by atoms with Crippen molar-refractivity contribution in [2.75, 3.05) is 0 Å². The molecule has 10 rings (SSSR count). The van der Waals surface area contributed by atoms with Gasteiger partial charge in [-0.1, -0.05) is 194 Å². The average molecular weight is 702 g/mol. The van der Waals surface area contributed by atoms with Crippen LogP contribution in [-0.2, 0) is 12.8 Å². The summed E-state index contributed by atoms with van der Waals surface area (Å²) in [6.07, 6.45) is 1.95. The molecule has 1 atom stereocenters. The zero-order chi connectivity index (χ0) is 36.6. The van der Waals surface area contributed by atoms with E-state index in [2.05, 4.69) is 206 Å². The van der Waals surface area contributed by atoms with Gasteiger partial charge in [-0.2, -0.15) is 0 Å². The number of hydrogen-bond donors (Lipinski definition) is 0. The first kappa shape index (κ1) is 32.8. The van der Waals surface area contributed by atoms with Crippen molar-refractivity contribution < 1.29 is 0 Å². The van der Waals surface area contributed by atoms with E-state index in [9.17, 15) is 0 Å². The fraction of sp³-hybridized carbons (Fsp3) is 0.0556. The van der Waals surface area contributed by atoms with Crippen LogP contribution < -0.4 is 0 Å². The van der Waals surface area contributed by atoms with Crippen molar-refractivity contribution in [2.24, 2.45) is 10.9 Å². The standard InChI is InChI=1S/C54H39N/c1-5-15-37(16-6-1)33-46-34-45-30-29-44(36-51(45)55-54(46)42-21-11-4-12-22-42)39-27-25-38(26-28-39)43-31-32-49-50(35-43)53(41-19-9-3-10-20-41)48-24-14-13-23-47(48)52(49)40-17-7-2-8-18-40/h1-32,35-36,46H,33-34H2. The second-order valence-electron chi connectivity index (χ2n) is 14.7. The Bertz CT molecular complexity index is 2820. The maximum Gasteiger partial charge on any atom is 0.0671 e. The van der Waals surface area contributed by atoms with Crippen LogP contribution in [0.3, 0.4) is 0 Å². The van der Waals surface area contributed by atoms with E-state index in [1.807, 2.05) is 0 Å². The topological polar surface area (TPSA) is 12.4 Å². The quantitative estimate of drug-likeness (QED) is 0.147. The largest absolute Gasteiger partial charge is 0.252 e. The zero-order valence-electron chi connectivity index (χ0n) is 30.6. The van der Waals surface area contributed by atoms with Crippen LogP contribution in [-0.4, -0.2) is 5.71 Å². The van der Waals surface area contributed by atoms with E-state index in [0.29, 0.717) is 5.92 Å². The maximum absolute atomic E-state index is 5.37. The molecule has 1 unspecified atom stereocenters. The maximum atomic E-state index is 5.37. The predicted molar refractivity (Wildman–Crippen MR) is 233 cm³/mol. The molecule has 1 heteroatoms. The molecule has 0 saturated heterocycles. The summed E-state index contributed by atoms with van der Waals surface area (Å²) < 4.78 is 0. The van der Waals surface area contributed by atoms with Crippen molar-refractivity contribution in [1.82, 2.24) is 0 Å². The first-order valence-corrected chi connectivity index (χ1v) is 19.3. The number of nitrogens with zero attached hydrogens (tertiary/aromatic N) is 1. The Morgan fingerprint density at radius 3 is 1.42 bits per heavy atom. The van der Waals surface area contributed by atoms with Gasteiger partial charge in [-0.15, -0.1) is 0 Å². The summed E-state index contributed by atoms with van der Waals surface area (Å²) >= 11 is 0. The Morgan fingerprint density at radius 2 is 0.818 bits per heavy atom. The van der Waals surface area contributed by atoms with Crippen molar-refractivity contribution in [3.8, 4) is 44.5 Å². The molecule has 55 heavy (non-hydrogen) atoms. The predicted octanol–water partition coefficient (Wildman–Crippen LogP) is 14.2. The lowest BCUT2D eigenvalue weighted by Crippen LogP contribution is -2.24. The van der Waals surface area contributed by atoms with Crippen LogP contribution in [0.4, 0.5) is 5.69 Å². The Labute approximate surface area is 322 Å². The molecule has 1 aliphatic heterocycles. The van der Waals surface area contributed by atoms with Crippen molar-refractivity contribution in [2.45, 2.75) is 12.8 Å². The van der Waals surface area contributed by atoms with E-state index in [1.54, 1.807) is 0 Å². The molecule has 0 radical (unpaired) electrons. The molecule has 9 aromatic carbocycles. The second kappa shape index (κ2) is 14.2. The van der Waals surface area contributed by atoms with Crippen LogP contribution in [0.25, 0.3) is 66.1 Å². The number of hydrogen-bond acceptors (Lipinski definition) is 1. The van der Waals surface area contributed by atoms with E-state index in [4.69, 9.17) is 4.99 Å². The van der Waals surface area contributed by atoms with Crippen LogP contribution in [0.2, 0.25) is 0 Å². The van der Waals surface area contributed by atoms with Crippen LogP contribution >= 0.6 is 0 Å². The van der Waals surface area contributed by atoms with Gasteiger partial charge in [0.15, 0.2) is 0 Å². The number of rotatable bonds is 7. The summed E-state index contributed by atoms with van der Waals surface area (Å²) in [4.78, 5) is 5.37. The fourth-order valence-corrected chi connectivity index (χ4v) is 8.62. The molecule has 260 valence electrons. The van der Waals surface area contributed by atoms with Crippen LogP contribution in [0.5, 0.6) is 0 Å². The van der Waals surface area contributed by atoms with Gasteiger partial charge in [-0.05, 0) is 108 Å². The summed E-state index contributed by atoms with van der Waals surface area (Å²) in [6, 6.07) is 75.0. The molecule has 9 aromatic rings. The molecule has 0 spiro atoms. The van der Waals surface area contributed by atoms with E-state index < -0.39 is 0 Å².